The van der Waals surface area contributed by atoms with Crippen molar-refractivity contribution in [3.05, 3.63) is 35.5 Å². The predicted octanol–water partition coefficient (Wildman–Crippen LogP) is 3.67. The van der Waals surface area contributed by atoms with Crippen LogP contribution in [0.4, 0.5) is 0 Å². The number of nitriles is 1. The highest BCUT2D eigenvalue weighted by atomic mass is 32.1. The van der Waals surface area contributed by atoms with Gasteiger partial charge >= 0.3 is 0 Å². The van der Waals surface area contributed by atoms with Gasteiger partial charge in [-0.25, -0.2) is 9.50 Å². The molecule has 4 rings (SSSR count). The zero-order chi connectivity index (χ0) is 15.8. The van der Waals surface area contributed by atoms with E-state index < -0.39 is 0 Å². The molecule has 3 aromatic heterocycles. The number of rotatable bonds is 4. The summed E-state index contributed by atoms with van der Waals surface area (Å²) in [6, 6.07) is 9.47. The number of ether oxygens (including phenoxy) is 1. The van der Waals surface area contributed by atoms with Gasteiger partial charge in [0.15, 0.2) is 23.7 Å². The first kappa shape index (κ1) is 13.8. The number of hydrogen-bond acceptors (Lipinski definition) is 6. The third kappa shape index (κ3) is 2.33. The highest BCUT2D eigenvalue weighted by molar-refractivity contribution is 7.16. The van der Waals surface area contributed by atoms with Crippen molar-refractivity contribution in [1.82, 2.24) is 14.6 Å². The van der Waals surface area contributed by atoms with E-state index in [0.29, 0.717) is 17.1 Å². The van der Waals surface area contributed by atoms with Crippen molar-refractivity contribution < 1.29 is 9.15 Å². The summed E-state index contributed by atoms with van der Waals surface area (Å²) in [4.78, 5) is 5.42. The van der Waals surface area contributed by atoms with Crippen molar-refractivity contribution in [1.29, 1.82) is 5.26 Å². The maximum atomic E-state index is 8.66. The number of benzene rings is 1. The molecule has 0 saturated carbocycles. The fourth-order valence-electron chi connectivity index (χ4n) is 2.39. The van der Waals surface area contributed by atoms with Crippen LogP contribution in [-0.2, 0) is 6.42 Å². The number of hydrogen-bond donors (Lipinski definition) is 0. The summed E-state index contributed by atoms with van der Waals surface area (Å²) in [5.41, 5.74) is 1.35. The fraction of sp³-hybridized carbons (Fsp3) is 0.188. The van der Waals surface area contributed by atoms with Crippen molar-refractivity contribution in [2.75, 3.05) is 6.61 Å². The van der Waals surface area contributed by atoms with E-state index >= 15 is 0 Å². The Morgan fingerprint density at radius 1 is 1.43 bits per heavy atom. The van der Waals surface area contributed by atoms with Gasteiger partial charge in [0.1, 0.15) is 16.8 Å². The standard InChI is InChI=1S/C16H12N4O2S/c1-2-14-19-20-9-11(18-16(20)23-14)13-8-10-4-3-5-12(15(10)22-13)21-7-6-17/h3-5,8-9H,2,7H2,1H3. The Morgan fingerprint density at radius 2 is 2.35 bits per heavy atom. The number of fused-ring (bicyclic) bond motifs is 2. The van der Waals surface area contributed by atoms with E-state index in [2.05, 4.69) is 17.0 Å². The minimum atomic E-state index is -0.0148. The van der Waals surface area contributed by atoms with Crippen molar-refractivity contribution in [3.63, 3.8) is 0 Å². The second-order valence-electron chi connectivity index (χ2n) is 4.93. The van der Waals surface area contributed by atoms with E-state index in [4.69, 9.17) is 14.4 Å². The van der Waals surface area contributed by atoms with Gasteiger partial charge in [0, 0.05) is 5.39 Å². The van der Waals surface area contributed by atoms with Gasteiger partial charge in [-0.1, -0.05) is 30.4 Å². The molecule has 0 saturated heterocycles. The molecule has 0 unspecified atom stereocenters. The van der Waals surface area contributed by atoms with Crippen molar-refractivity contribution in [3.8, 4) is 23.3 Å². The van der Waals surface area contributed by atoms with Crippen molar-refractivity contribution >= 4 is 27.3 Å². The first-order chi connectivity index (χ1) is 11.3. The number of imidazole rings is 1. The largest absolute Gasteiger partial charge is 0.475 e. The molecule has 0 amide bonds. The first-order valence-electron chi connectivity index (χ1n) is 7.16. The molecule has 6 nitrogen and oxygen atoms in total. The number of nitrogens with zero attached hydrogens (tertiary/aromatic N) is 4. The Labute approximate surface area is 135 Å². The highest BCUT2D eigenvalue weighted by Gasteiger charge is 2.15. The molecular weight excluding hydrogens is 312 g/mol. The van der Waals surface area contributed by atoms with Crippen LogP contribution < -0.4 is 4.74 Å². The predicted molar refractivity (Wildman–Crippen MR) is 86.6 cm³/mol. The number of aromatic nitrogens is 3. The second kappa shape index (κ2) is 5.41. The summed E-state index contributed by atoms with van der Waals surface area (Å²) < 4.78 is 13.1. The van der Waals surface area contributed by atoms with Gasteiger partial charge in [-0.3, -0.25) is 0 Å². The Balaban J connectivity index is 1.78. The van der Waals surface area contributed by atoms with Gasteiger partial charge in [0.25, 0.3) is 0 Å². The van der Waals surface area contributed by atoms with Crippen molar-refractivity contribution in [2.24, 2.45) is 0 Å². The molecule has 0 aliphatic rings. The van der Waals surface area contributed by atoms with E-state index in [9.17, 15) is 0 Å². The maximum Gasteiger partial charge on any atom is 0.212 e. The topological polar surface area (TPSA) is 76.3 Å². The Kier molecular flexibility index (Phi) is 3.24. The van der Waals surface area contributed by atoms with Crippen LogP contribution in [0.3, 0.4) is 0 Å². The summed E-state index contributed by atoms with van der Waals surface area (Å²) in [7, 11) is 0. The van der Waals surface area contributed by atoms with Gasteiger partial charge in [-0.15, -0.1) is 0 Å². The lowest BCUT2D eigenvalue weighted by molar-refractivity contribution is 0.366. The molecule has 0 atom stereocenters. The highest BCUT2D eigenvalue weighted by Crippen LogP contribution is 2.33. The smallest absolute Gasteiger partial charge is 0.212 e. The van der Waals surface area contributed by atoms with Crippen LogP contribution in [0.1, 0.15) is 11.9 Å². The lowest BCUT2D eigenvalue weighted by atomic mass is 10.2. The van der Waals surface area contributed by atoms with E-state index in [1.165, 1.54) is 0 Å². The molecule has 0 N–H and O–H groups in total. The van der Waals surface area contributed by atoms with Crippen LogP contribution >= 0.6 is 11.3 Å². The average Bonchev–Trinajstić information content (AvgIpc) is 3.23. The van der Waals surface area contributed by atoms with Crippen LogP contribution in [0.5, 0.6) is 5.75 Å². The van der Waals surface area contributed by atoms with E-state index in [0.717, 1.165) is 27.5 Å². The molecule has 3 heterocycles. The van der Waals surface area contributed by atoms with Crippen LogP contribution in [0.15, 0.2) is 34.9 Å². The quantitative estimate of drug-likeness (QED) is 0.572. The van der Waals surface area contributed by atoms with Crippen LogP contribution in [0, 0.1) is 11.3 Å². The molecule has 0 aliphatic heterocycles. The van der Waals surface area contributed by atoms with Gasteiger partial charge in [-0.05, 0) is 18.6 Å². The van der Waals surface area contributed by atoms with Crippen LogP contribution in [0.2, 0.25) is 0 Å². The van der Waals surface area contributed by atoms with Gasteiger partial charge < -0.3 is 9.15 Å². The Hall–Kier alpha value is -2.85. The molecule has 0 fully saturated rings. The Bertz CT molecular complexity index is 1010. The molecule has 114 valence electrons. The lowest BCUT2D eigenvalue weighted by Crippen LogP contribution is -1.92. The average molecular weight is 324 g/mol. The molecular formula is C16H12N4O2S. The SMILES string of the molecule is CCc1nn2cc(-c3cc4cccc(OCC#N)c4o3)nc2s1. The molecule has 0 spiro atoms. The zero-order valence-electron chi connectivity index (χ0n) is 12.3. The molecule has 4 aromatic rings. The third-order valence-electron chi connectivity index (χ3n) is 3.44. The van der Waals surface area contributed by atoms with E-state index in [1.807, 2.05) is 30.5 Å². The van der Waals surface area contributed by atoms with E-state index in [-0.39, 0.29) is 6.61 Å². The Morgan fingerprint density at radius 3 is 3.13 bits per heavy atom. The monoisotopic (exact) mass is 324 g/mol. The number of para-hydroxylation sites is 1. The molecule has 0 bridgehead atoms. The summed E-state index contributed by atoms with van der Waals surface area (Å²) in [5, 5.41) is 15.1. The fourth-order valence-corrected chi connectivity index (χ4v) is 3.20. The molecule has 0 aliphatic carbocycles. The summed E-state index contributed by atoms with van der Waals surface area (Å²) in [6.45, 7) is 2.06. The zero-order valence-corrected chi connectivity index (χ0v) is 13.1. The summed E-state index contributed by atoms with van der Waals surface area (Å²) in [5.74, 6) is 1.21. The number of aryl methyl sites for hydroxylation is 1. The third-order valence-corrected chi connectivity index (χ3v) is 4.51. The van der Waals surface area contributed by atoms with Crippen molar-refractivity contribution in [2.45, 2.75) is 13.3 Å². The minimum Gasteiger partial charge on any atom is -0.475 e. The normalized spacial score (nSPS) is 11.1. The molecule has 7 heteroatoms. The van der Waals surface area contributed by atoms with Gasteiger partial charge in [0.05, 0.1) is 6.20 Å². The molecule has 0 radical (unpaired) electrons. The first-order valence-corrected chi connectivity index (χ1v) is 7.98. The summed E-state index contributed by atoms with van der Waals surface area (Å²) in [6.07, 6.45) is 2.76. The van der Waals surface area contributed by atoms with Gasteiger partial charge in [-0.2, -0.15) is 10.4 Å². The summed E-state index contributed by atoms with van der Waals surface area (Å²) >= 11 is 1.57. The van der Waals surface area contributed by atoms with E-state index in [1.54, 1.807) is 21.9 Å². The second-order valence-corrected chi connectivity index (χ2v) is 5.98. The maximum absolute atomic E-state index is 8.66. The lowest BCUT2D eigenvalue weighted by Gasteiger charge is -2.00. The van der Waals surface area contributed by atoms with Crippen LogP contribution in [-0.4, -0.2) is 21.2 Å². The van der Waals surface area contributed by atoms with Gasteiger partial charge in [0.2, 0.25) is 4.96 Å². The minimum absolute atomic E-state index is 0.0148. The number of furan rings is 1. The molecule has 1 aromatic carbocycles. The van der Waals surface area contributed by atoms with Crippen LogP contribution in [0.25, 0.3) is 27.4 Å². The molecule has 23 heavy (non-hydrogen) atoms.